The van der Waals surface area contributed by atoms with Gasteiger partial charge in [0.15, 0.2) is 0 Å². The van der Waals surface area contributed by atoms with Gasteiger partial charge in [-0.15, -0.1) is 0 Å². The van der Waals surface area contributed by atoms with Crippen LogP contribution >= 0.6 is 23.2 Å². The third-order valence-corrected chi connectivity index (χ3v) is 9.57. The molecule has 0 unspecified atom stereocenters. The van der Waals surface area contributed by atoms with Crippen LogP contribution in [0.25, 0.3) is 0 Å². The highest BCUT2D eigenvalue weighted by Gasteiger charge is 2.35. The Hall–Kier alpha value is -3.07. The highest BCUT2D eigenvalue weighted by molar-refractivity contribution is 7.92. The van der Waals surface area contributed by atoms with Gasteiger partial charge in [-0.2, -0.15) is 0 Å². The van der Waals surface area contributed by atoms with Crippen LogP contribution in [0.4, 0.5) is 5.69 Å². The molecule has 0 aromatic heterocycles. The first-order chi connectivity index (χ1) is 19.9. The van der Waals surface area contributed by atoms with Crippen molar-refractivity contribution in [2.75, 3.05) is 17.1 Å². The van der Waals surface area contributed by atoms with Crippen LogP contribution in [0.1, 0.15) is 47.9 Å². The summed E-state index contributed by atoms with van der Waals surface area (Å²) in [7, 11) is -3.85. The number of carbonyl (C=O) groups excluding carboxylic acids is 2. The van der Waals surface area contributed by atoms with Crippen molar-refractivity contribution in [2.45, 2.75) is 64.6 Å². The number of halogens is 2. The zero-order valence-corrected chi connectivity index (χ0v) is 26.5. The lowest BCUT2D eigenvalue weighted by molar-refractivity contribution is -0.140. The molecule has 1 atom stereocenters. The van der Waals surface area contributed by atoms with E-state index >= 15 is 0 Å². The summed E-state index contributed by atoms with van der Waals surface area (Å²) in [6.07, 6.45) is 5.17. The van der Waals surface area contributed by atoms with Gasteiger partial charge in [0.25, 0.3) is 0 Å². The number of rotatable bonds is 11. The number of nitrogens with zero attached hydrogens (tertiary/aromatic N) is 2. The van der Waals surface area contributed by atoms with E-state index in [1.807, 2.05) is 50.2 Å². The Balaban J connectivity index is 1.77. The molecular formula is C32H37Cl2N3O4S. The highest BCUT2D eigenvalue weighted by atomic mass is 35.5. The molecule has 10 heteroatoms. The topological polar surface area (TPSA) is 86.8 Å². The first-order valence-corrected chi connectivity index (χ1v) is 16.7. The van der Waals surface area contributed by atoms with Gasteiger partial charge in [-0.1, -0.05) is 84.6 Å². The second-order valence-corrected chi connectivity index (χ2v) is 13.7. The van der Waals surface area contributed by atoms with Gasteiger partial charge >= 0.3 is 0 Å². The average molecular weight is 631 g/mol. The van der Waals surface area contributed by atoms with E-state index in [0.717, 1.165) is 52.9 Å². The summed E-state index contributed by atoms with van der Waals surface area (Å²) in [4.78, 5) is 29.7. The number of aryl methyl sites for hydroxylation is 1. The Kier molecular flexibility index (Phi) is 10.6. The lowest BCUT2D eigenvalue weighted by Crippen LogP contribution is -2.54. The zero-order valence-electron chi connectivity index (χ0n) is 24.1. The van der Waals surface area contributed by atoms with E-state index in [4.69, 9.17) is 23.2 Å². The van der Waals surface area contributed by atoms with Gasteiger partial charge in [0, 0.05) is 29.1 Å². The Morgan fingerprint density at radius 2 is 1.67 bits per heavy atom. The standard InChI is InChI=1S/C32H37Cl2N3O4S/c1-22-10-9-15-29(23(22)2)37(42(3,40)41)21-31(38)36(20-25-16-17-26(33)19-28(25)34)30(18-24-11-5-4-6-12-24)32(39)35-27-13-7-8-14-27/h4-6,9-12,15-17,19,27,30H,7-8,13-14,18,20-21H2,1-3H3,(H,35,39)/t30-/m1/s1. The molecule has 1 aliphatic carbocycles. The molecule has 3 aromatic rings. The Morgan fingerprint density at radius 1 is 0.976 bits per heavy atom. The van der Waals surface area contributed by atoms with Crippen molar-refractivity contribution in [2.24, 2.45) is 0 Å². The number of amides is 2. The molecule has 1 saturated carbocycles. The normalized spacial score (nSPS) is 14.4. The van der Waals surface area contributed by atoms with Gasteiger partial charge in [0.05, 0.1) is 11.9 Å². The van der Waals surface area contributed by atoms with Crippen molar-refractivity contribution >= 4 is 50.7 Å². The fourth-order valence-electron chi connectivity index (χ4n) is 5.36. The quantitative estimate of drug-likeness (QED) is 0.279. The molecule has 224 valence electrons. The van der Waals surface area contributed by atoms with Crippen molar-refractivity contribution in [1.29, 1.82) is 0 Å². The molecule has 1 aliphatic rings. The Bertz CT molecular complexity index is 1530. The monoisotopic (exact) mass is 629 g/mol. The van der Waals surface area contributed by atoms with Gasteiger partial charge in [0.1, 0.15) is 12.6 Å². The van der Waals surface area contributed by atoms with E-state index in [1.54, 1.807) is 30.3 Å². The minimum Gasteiger partial charge on any atom is -0.352 e. The van der Waals surface area contributed by atoms with Crippen molar-refractivity contribution in [1.82, 2.24) is 10.2 Å². The molecule has 3 aromatic carbocycles. The Morgan fingerprint density at radius 3 is 2.31 bits per heavy atom. The first-order valence-electron chi connectivity index (χ1n) is 14.1. The van der Waals surface area contributed by atoms with E-state index < -0.39 is 28.5 Å². The van der Waals surface area contributed by atoms with Crippen LogP contribution in [-0.2, 0) is 32.6 Å². The molecule has 0 radical (unpaired) electrons. The van der Waals surface area contributed by atoms with Gasteiger partial charge < -0.3 is 10.2 Å². The number of hydrogen-bond acceptors (Lipinski definition) is 4. The number of carbonyl (C=O) groups is 2. The summed E-state index contributed by atoms with van der Waals surface area (Å²) in [5.74, 6) is -0.795. The maximum absolute atomic E-state index is 14.3. The number of benzene rings is 3. The molecule has 4 rings (SSSR count). The summed E-state index contributed by atoms with van der Waals surface area (Å²) in [5.41, 5.74) is 3.54. The summed E-state index contributed by atoms with van der Waals surface area (Å²) in [5, 5.41) is 3.95. The molecular weight excluding hydrogens is 593 g/mol. The molecule has 0 saturated heterocycles. The molecule has 1 N–H and O–H groups in total. The average Bonchev–Trinajstić information content (AvgIpc) is 3.45. The van der Waals surface area contributed by atoms with Crippen molar-refractivity contribution in [3.63, 3.8) is 0 Å². The maximum Gasteiger partial charge on any atom is 0.244 e. The van der Waals surface area contributed by atoms with Crippen molar-refractivity contribution in [3.05, 3.63) is 99.0 Å². The third-order valence-electron chi connectivity index (χ3n) is 7.85. The molecule has 7 nitrogen and oxygen atoms in total. The second-order valence-electron chi connectivity index (χ2n) is 10.9. The van der Waals surface area contributed by atoms with Crippen molar-refractivity contribution < 1.29 is 18.0 Å². The fourth-order valence-corrected chi connectivity index (χ4v) is 6.72. The summed E-state index contributed by atoms with van der Waals surface area (Å²) >= 11 is 12.7. The predicted molar refractivity (Wildman–Crippen MR) is 169 cm³/mol. The summed E-state index contributed by atoms with van der Waals surface area (Å²) in [6.45, 7) is 3.23. The molecule has 1 fully saturated rings. The lowest BCUT2D eigenvalue weighted by Gasteiger charge is -2.34. The van der Waals surface area contributed by atoms with E-state index in [0.29, 0.717) is 21.3 Å². The molecule has 0 heterocycles. The lowest BCUT2D eigenvalue weighted by atomic mass is 10.0. The Labute approximate surface area is 258 Å². The number of nitrogens with one attached hydrogen (secondary N) is 1. The largest absolute Gasteiger partial charge is 0.352 e. The van der Waals surface area contributed by atoms with Crippen LogP contribution < -0.4 is 9.62 Å². The number of hydrogen-bond donors (Lipinski definition) is 1. The second kappa shape index (κ2) is 13.9. The van der Waals surface area contributed by atoms with Gasteiger partial charge in [-0.3, -0.25) is 13.9 Å². The summed E-state index contributed by atoms with van der Waals surface area (Å²) < 4.78 is 27.3. The molecule has 42 heavy (non-hydrogen) atoms. The van der Waals surface area contributed by atoms with Crippen LogP contribution in [0.5, 0.6) is 0 Å². The van der Waals surface area contributed by atoms with Crippen LogP contribution in [0.3, 0.4) is 0 Å². The van der Waals surface area contributed by atoms with Gasteiger partial charge in [-0.05, 0) is 67.1 Å². The predicted octanol–water partition coefficient (Wildman–Crippen LogP) is 6.08. The maximum atomic E-state index is 14.3. The smallest absolute Gasteiger partial charge is 0.244 e. The third kappa shape index (κ3) is 8.06. The fraction of sp³-hybridized carbons (Fsp3) is 0.375. The van der Waals surface area contributed by atoms with Crippen LogP contribution in [-0.4, -0.2) is 50.0 Å². The van der Waals surface area contributed by atoms with E-state index in [2.05, 4.69) is 5.32 Å². The van der Waals surface area contributed by atoms with Crippen LogP contribution in [0.15, 0.2) is 66.7 Å². The van der Waals surface area contributed by atoms with Crippen molar-refractivity contribution in [3.8, 4) is 0 Å². The highest BCUT2D eigenvalue weighted by Crippen LogP contribution is 2.28. The number of anilines is 1. The zero-order chi connectivity index (χ0) is 30.4. The van der Waals surface area contributed by atoms with Gasteiger partial charge in [0.2, 0.25) is 21.8 Å². The van der Waals surface area contributed by atoms with Crippen LogP contribution in [0, 0.1) is 13.8 Å². The van der Waals surface area contributed by atoms with E-state index in [9.17, 15) is 18.0 Å². The molecule has 0 aliphatic heterocycles. The minimum absolute atomic E-state index is 0.00513. The molecule has 0 bridgehead atoms. The first kappa shape index (κ1) is 31.9. The molecule has 0 spiro atoms. The van der Waals surface area contributed by atoms with Crippen LogP contribution in [0.2, 0.25) is 10.0 Å². The number of sulfonamides is 1. The summed E-state index contributed by atoms with van der Waals surface area (Å²) in [6, 6.07) is 18.9. The van der Waals surface area contributed by atoms with E-state index in [-0.39, 0.29) is 24.9 Å². The SMILES string of the molecule is Cc1cccc(N(CC(=O)N(Cc2ccc(Cl)cc2Cl)[C@H](Cc2ccccc2)C(=O)NC2CCCC2)S(C)(=O)=O)c1C. The molecule has 2 amide bonds. The minimum atomic E-state index is -3.85. The van der Waals surface area contributed by atoms with Gasteiger partial charge in [-0.25, -0.2) is 8.42 Å². The van der Waals surface area contributed by atoms with E-state index in [1.165, 1.54) is 4.90 Å².